The van der Waals surface area contributed by atoms with Crippen molar-refractivity contribution in [2.75, 3.05) is 19.0 Å². The highest BCUT2D eigenvalue weighted by atomic mass is 32.1. The van der Waals surface area contributed by atoms with Crippen LogP contribution in [0.5, 0.6) is 5.75 Å². The van der Waals surface area contributed by atoms with Gasteiger partial charge in [0.2, 0.25) is 5.91 Å². The number of hydrogen-bond donors (Lipinski definition) is 1. The minimum absolute atomic E-state index is 0.0363. The molecule has 108 valence electrons. The minimum atomic E-state index is -0.191. The normalized spacial score (nSPS) is 14.1. The molecule has 0 unspecified atom stereocenters. The van der Waals surface area contributed by atoms with E-state index in [0.29, 0.717) is 17.2 Å². The van der Waals surface area contributed by atoms with Crippen molar-refractivity contribution < 1.29 is 14.3 Å². The molecule has 5 nitrogen and oxygen atoms in total. The fraction of sp³-hybridized carbons (Fsp3) is 0.200. The van der Waals surface area contributed by atoms with E-state index in [4.69, 9.17) is 4.74 Å². The van der Waals surface area contributed by atoms with Crippen molar-refractivity contribution in [2.24, 2.45) is 0 Å². The van der Waals surface area contributed by atoms with Crippen molar-refractivity contribution >= 4 is 28.8 Å². The maximum absolute atomic E-state index is 12.6. The topological polar surface area (TPSA) is 58.6 Å². The van der Waals surface area contributed by atoms with Crippen molar-refractivity contribution in [1.29, 1.82) is 0 Å². The van der Waals surface area contributed by atoms with E-state index in [0.717, 1.165) is 11.3 Å². The van der Waals surface area contributed by atoms with E-state index in [1.807, 2.05) is 24.3 Å². The maximum atomic E-state index is 12.6. The van der Waals surface area contributed by atoms with Crippen molar-refractivity contribution in [2.45, 2.75) is 6.54 Å². The smallest absolute Gasteiger partial charge is 0.268 e. The lowest BCUT2D eigenvalue weighted by atomic mass is 10.1. The number of hydrogen-bond acceptors (Lipinski definition) is 4. The predicted molar refractivity (Wildman–Crippen MR) is 80.7 cm³/mol. The van der Waals surface area contributed by atoms with Gasteiger partial charge in [0.25, 0.3) is 5.91 Å². The molecule has 1 aromatic carbocycles. The van der Waals surface area contributed by atoms with Crippen LogP contribution in [0.3, 0.4) is 0 Å². The summed E-state index contributed by atoms with van der Waals surface area (Å²) >= 11 is 1.32. The van der Waals surface area contributed by atoms with Crippen LogP contribution in [0.4, 0.5) is 5.69 Å². The first-order valence-electron chi connectivity index (χ1n) is 6.47. The van der Waals surface area contributed by atoms with Gasteiger partial charge in [0.05, 0.1) is 7.11 Å². The number of carbonyl (C=O) groups is 2. The summed E-state index contributed by atoms with van der Waals surface area (Å²) in [4.78, 5) is 26.6. The highest BCUT2D eigenvalue weighted by molar-refractivity contribution is 7.12. The molecule has 21 heavy (non-hydrogen) atoms. The molecular formula is C15H14N2O3S. The molecule has 1 aliphatic rings. The molecule has 2 heterocycles. The number of para-hydroxylation sites is 1. The van der Waals surface area contributed by atoms with Gasteiger partial charge in [0, 0.05) is 12.2 Å². The number of methoxy groups -OCH3 is 1. The molecule has 2 amide bonds. The molecule has 0 saturated carbocycles. The third-order valence-corrected chi connectivity index (χ3v) is 4.20. The Morgan fingerprint density at radius 2 is 2.10 bits per heavy atom. The molecule has 2 aromatic rings. The largest absolute Gasteiger partial charge is 0.495 e. The van der Waals surface area contributed by atoms with E-state index in [2.05, 4.69) is 5.32 Å². The molecule has 0 atom stereocenters. The van der Waals surface area contributed by atoms with Crippen LogP contribution in [0.25, 0.3) is 0 Å². The van der Waals surface area contributed by atoms with E-state index < -0.39 is 0 Å². The van der Waals surface area contributed by atoms with Crippen LogP contribution in [0, 0.1) is 0 Å². The Kier molecular flexibility index (Phi) is 3.62. The number of rotatable bonds is 2. The van der Waals surface area contributed by atoms with E-state index in [-0.39, 0.29) is 18.4 Å². The second-order valence-corrected chi connectivity index (χ2v) is 5.60. The molecule has 1 aromatic heterocycles. The Balaban J connectivity index is 1.92. The summed E-state index contributed by atoms with van der Waals surface area (Å²) in [7, 11) is 1.53. The summed E-state index contributed by atoms with van der Waals surface area (Å²) in [5.41, 5.74) is 1.68. The first-order chi connectivity index (χ1) is 10.2. The van der Waals surface area contributed by atoms with Crippen LogP contribution in [-0.4, -0.2) is 30.4 Å². The molecular weight excluding hydrogens is 288 g/mol. The molecule has 1 N–H and O–H groups in total. The third kappa shape index (κ3) is 2.62. The van der Waals surface area contributed by atoms with Gasteiger partial charge in [0.1, 0.15) is 17.2 Å². The Hall–Kier alpha value is -2.34. The zero-order chi connectivity index (χ0) is 14.8. The SMILES string of the molecule is COc1ccsc1C(=O)N1CC(=O)Nc2ccccc2C1. The number of fused-ring (bicyclic) bond motifs is 1. The molecule has 0 bridgehead atoms. The molecule has 0 fully saturated rings. The zero-order valence-corrected chi connectivity index (χ0v) is 12.3. The first-order valence-corrected chi connectivity index (χ1v) is 7.35. The van der Waals surface area contributed by atoms with Gasteiger partial charge in [-0.15, -0.1) is 11.3 Å². The molecule has 1 aliphatic heterocycles. The Morgan fingerprint density at radius 1 is 1.29 bits per heavy atom. The van der Waals surface area contributed by atoms with Gasteiger partial charge in [0.15, 0.2) is 0 Å². The summed E-state index contributed by atoms with van der Waals surface area (Å²) in [5, 5.41) is 4.62. The van der Waals surface area contributed by atoms with Gasteiger partial charge in [-0.1, -0.05) is 18.2 Å². The number of benzene rings is 1. The highest BCUT2D eigenvalue weighted by Crippen LogP contribution is 2.28. The number of thiophene rings is 1. The maximum Gasteiger partial charge on any atom is 0.268 e. The average Bonchev–Trinajstić information content (AvgIpc) is 2.89. The number of nitrogens with zero attached hydrogens (tertiary/aromatic N) is 1. The third-order valence-electron chi connectivity index (χ3n) is 3.32. The fourth-order valence-corrected chi connectivity index (χ4v) is 3.13. The van der Waals surface area contributed by atoms with Crippen molar-refractivity contribution in [3.8, 4) is 5.75 Å². The van der Waals surface area contributed by atoms with Crippen molar-refractivity contribution in [1.82, 2.24) is 4.90 Å². The summed E-state index contributed by atoms with van der Waals surface area (Å²) in [5.74, 6) is 0.167. The van der Waals surface area contributed by atoms with Crippen LogP contribution >= 0.6 is 11.3 Å². The quantitative estimate of drug-likeness (QED) is 0.926. The average molecular weight is 302 g/mol. The highest BCUT2D eigenvalue weighted by Gasteiger charge is 2.26. The van der Waals surface area contributed by atoms with Gasteiger partial charge < -0.3 is 15.0 Å². The molecule has 0 saturated heterocycles. The van der Waals surface area contributed by atoms with Crippen LogP contribution in [0.15, 0.2) is 35.7 Å². The van der Waals surface area contributed by atoms with Crippen LogP contribution in [-0.2, 0) is 11.3 Å². The Bertz CT molecular complexity index is 696. The fourth-order valence-electron chi connectivity index (χ4n) is 2.31. The van der Waals surface area contributed by atoms with Gasteiger partial charge in [-0.2, -0.15) is 0 Å². The first kappa shape index (κ1) is 13.6. The lowest BCUT2D eigenvalue weighted by Gasteiger charge is -2.19. The lowest BCUT2D eigenvalue weighted by molar-refractivity contribution is -0.116. The molecule has 0 radical (unpaired) electrons. The summed E-state index contributed by atoms with van der Waals surface area (Å²) < 4.78 is 5.19. The second-order valence-electron chi connectivity index (χ2n) is 4.68. The van der Waals surface area contributed by atoms with E-state index in [1.54, 1.807) is 11.4 Å². The van der Waals surface area contributed by atoms with Crippen molar-refractivity contribution in [3.05, 3.63) is 46.2 Å². The molecule has 0 spiro atoms. The Labute approximate surface area is 126 Å². The molecule has 0 aliphatic carbocycles. The standard InChI is InChI=1S/C15H14N2O3S/c1-20-12-6-7-21-14(12)15(19)17-8-10-4-2-3-5-11(10)16-13(18)9-17/h2-7H,8-9H2,1H3,(H,16,18). The van der Waals surface area contributed by atoms with E-state index in [1.165, 1.54) is 23.3 Å². The van der Waals surface area contributed by atoms with Gasteiger partial charge >= 0.3 is 0 Å². The van der Waals surface area contributed by atoms with Crippen LogP contribution < -0.4 is 10.1 Å². The van der Waals surface area contributed by atoms with Crippen LogP contribution in [0.1, 0.15) is 15.2 Å². The summed E-state index contributed by atoms with van der Waals surface area (Å²) in [6.45, 7) is 0.434. The summed E-state index contributed by atoms with van der Waals surface area (Å²) in [6.07, 6.45) is 0. The van der Waals surface area contributed by atoms with Crippen molar-refractivity contribution in [3.63, 3.8) is 0 Å². The number of carbonyl (C=O) groups excluding carboxylic acids is 2. The van der Waals surface area contributed by atoms with Crippen LogP contribution in [0.2, 0.25) is 0 Å². The van der Waals surface area contributed by atoms with Gasteiger partial charge in [-0.05, 0) is 23.1 Å². The monoisotopic (exact) mass is 302 g/mol. The number of amides is 2. The minimum Gasteiger partial charge on any atom is -0.495 e. The van der Waals surface area contributed by atoms with Gasteiger partial charge in [-0.25, -0.2) is 0 Å². The molecule has 3 rings (SSSR count). The lowest BCUT2D eigenvalue weighted by Crippen LogP contribution is -2.35. The molecule has 6 heteroatoms. The second kappa shape index (κ2) is 5.57. The van der Waals surface area contributed by atoms with E-state index in [9.17, 15) is 9.59 Å². The van der Waals surface area contributed by atoms with Gasteiger partial charge in [-0.3, -0.25) is 9.59 Å². The Morgan fingerprint density at radius 3 is 2.90 bits per heavy atom. The predicted octanol–water partition coefficient (Wildman–Crippen LogP) is 2.35. The summed E-state index contributed by atoms with van der Waals surface area (Å²) in [6, 6.07) is 9.26. The number of nitrogens with one attached hydrogen (secondary N) is 1. The number of ether oxygens (including phenoxy) is 1. The number of anilines is 1. The van der Waals surface area contributed by atoms with E-state index >= 15 is 0 Å². The zero-order valence-electron chi connectivity index (χ0n) is 11.5.